The van der Waals surface area contributed by atoms with Crippen molar-refractivity contribution in [3.05, 3.63) is 94.7 Å². The fourth-order valence-electron chi connectivity index (χ4n) is 4.10. The minimum atomic E-state index is -0.503. The normalized spacial score (nSPS) is 12.2. The lowest BCUT2D eigenvalue weighted by molar-refractivity contribution is 0.273. The van der Waals surface area contributed by atoms with Gasteiger partial charge in [-0.05, 0) is 48.7 Å². The minimum absolute atomic E-state index is 0.242. The molecule has 0 fully saturated rings. The maximum atomic E-state index is 14.1. The predicted molar refractivity (Wildman–Crippen MR) is 129 cm³/mol. The average Bonchev–Trinajstić information content (AvgIpc) is 3.50. The maximum absolute atomic E-state index is 14.1. The molecule has 1 atom stereocenters. The van der Waals surface area contributed by atoms with E-state index in [0.29, 0.717) is 22.6 Å². The number of aryl methyl sites for hydroxylation is 1. The molecule has 2 aromatic carbocycles. The highest BCUT2D eigenvalue weighted by molar-refractivity contribution is 5.86. The lowest BCUT2D eigenvalue weighted by atomic mass is 10.0. The Bertz CT molecular complexity index is 1510. The number of aliphatic hydroxyl groups is 1. The number of benzene rings is 2. The van der Waals surface area contributed by atoms with Gasteiger partial charge in [0.2, 0.25) is 0 Å². The zero-order chi connectivity index (χ0) is 23.7. The first-order chi connectivity index (χ1) is 16.5. The van der Waals surface area contributed by atoms with Crippen molar-refractivity contribution in [1.82, 2.24) is 24.5 Å². The summed E-state index contributed by atoms with van der Waals surface area (Å²) in [6.07, 6.45) is 7.05. The summed E-state index contributed by atoms with van der Waals surface area (Å²) in [4.78, 5) is 27.6. The van der Waals surface area contributed by atoms with Gasteiger partial charge in [0.1, 0.15) is 17.2 Å². The fraction of sp³-hybridized carbons (Fsp3) is 0.160. The quantitative estimate of drug-likeness (QED) is 0.298. The molecule has 0 saturated heterocycles. The highest BCUT2D eigenvalue weighted by atomic mass is 19.1. The Balaban J connectivity index is 1.53. The molecule has 5 aromatic rings. The largest absolute Gasteiger partial charge is 0.394 e. The molecule has 0 saturated carbocycles. The third-order valence-corrected chi connectivity index (χ3v) is 5.77. The van der Waals surface area contributed by atoms with Crippen molar-refractivity contribution in [3.8, 4) is 17.1 Å². The first kappa shape index (κ1) is 21.6. The molecule has 8 nitrogen and oxygen atoms in total. The van der Waals surface area contributed by atoms with Gasteiger partial charge in [0.15, 0.2) is 0 Å². The number of hydrogen-bond acceptors (Lipinski definition) is 5. The molecule has 0 aliphatic carbocycles. The van der Waals surface area contributed by atoms with Crippen LogP contribution < -0.4 is 10.9 Å². The second-order valence-electron chi connectivity index (χ2n) is 8.13. The number of nitrogens with zero attached hydrogens (tertiary/aromatic N) is 3. The van der Waals surface area contributed by atoms with Crippen LogP contribution in [0, 0.1) is 12.7 Å². The number of imidazole rings is 2. The van der Waals surface area contributed by atoms with Crippen LogP contribution in [0.3, 0.4) is 0 Å². The molecule has 0 amide bonds. The molecule has 0 spiro atoms. The average molecular weight is 458 g/mol. The molecule has 0 unspecified atom stereocenters. The third-order valence-electron chi connectivity index (χ3n) is 5.77. The number of aromatic amines is 2. The van der Waals surface area contributed by atoms with E-state index in [1.165, 1.54) is 12.3 Å². The zero-order valence-electron chi connectivity index (χ0n) is 18.4. The van der Waals surface area contributed by atoms with Crippen molar-refractivity contribution in [3.63, 3.8) is 0 Å². The summed E-state index contributed by atoms with van der Waals surface area (Å²) in [5.74, 6) is 0.0585. The van der Waals surface area contributed by atoms with Gasteiger partial charge in [-0.15, -0.1) is 0 Å². The van der Waals surface area contributed by atoms with Gasteiger partial charge in [0.05, 0.1) is 35.7 Å². The van der Waals surface area contributed by atoms with Gasteiger partial charge in [-0.3, -0.25) is 4.79 Å². The third kappa shape index (κ3) is 4.08. The van der Waals surface area contributed by atoms with Crippen molar-refractivity contribution in [2.75, 3.05) is 11.9 Å². The second kappa shape index (κ2) is 8.95. The van der Waals surface area contributed by atoms with Crippen LogP contribution >= 0.6 is 0 Å². The number of aromatic nitrogens is 5. The van der Waals surface area contributed by atoms with Crippen molar-refractivity contribution in [2.45, 2.75) is 19.4 Å². The summed E-state index contributed by atoms with van der Waals surface area (Å²) in [7, 11) is 0. The van der Waals surface area contributed by atoms with Crippen LogP contribution in [0.15, 0.2) is 72.2 Å². The Labute approximate surface area is 194 Å². The topological polar surface area (TPSA) is 112 Å². The molecule has 5 rings (SSSR count). The molecule has 0 aliphatic heterocycles. The molecule has 0 bridgehead atoms. The van der Waals surface area contributed by atoms with Crippen LogP contribution in [-0.4, -0.2) is 42.3 Å². The molecular formula is C25H23FN6O2. The number of hydrogen-bond donors (Lipinski definition) is 4. The van der Waals surface area contributed by atoms with Gasteiger partial charge in [0, 0.05) is 24.3 Å². The highest BCUT2D eigenvalue weighted by Gasteiger charge is 2.19. The maximum Gasteiger partial charge on any atom is 0.261 e. The summed E-state index contributed by atoms with van der Waals surface area (Å²) in [6.45, 7) is 1.71. The van der Waals surface area contributed by atoms with Gasteiger partial charge in [0.25, 0.3) is 5.56 Å². The first-order valence-electron chi connectivity index (χ1n) is 10.8. The number of nitrogens with one attached hydrogen (secondary N) is 3. The van der Waals surface area contributed by atoms with E-state index >= 15 is 0 Å². The molecule has 9 heteroatoms. The van der Waals surface area contributed by atoms with Gasteiger partial charge in [-0.1, -0.05) is 18.2 Å². The van der Waals surface area contributed by atoms with Crippen molar-refractivity contribution in [2.24, 2.45) is 0 Å². The molecule has 4 N–H and O–H groups in total. The number of aliphatic hydroxyl groups excluding tert-OH is 1. The first-order valence-corrected chi connectivity index (χ1v) is 10.8. The lowest BCUT2D eigenvalue weighted by Gasteiger charge is -2.19. The Morgan fingerprint density at radius 1 is 1.24 bits per heavy atom. The molecule has 0 aliphatic rings. The van der Waals surface area contributed by atoms with Crippen LogP contribution in [0.2, 0.25) is 0 Å². The number of halogens is 1. The number of pyridine rings is 1. The van der Waals surface area contributed by atoms with Crippen LogP contribution in [0.5, 0.6) is 0 Å². The summed E-state index contributed by atoms with van der Waals surface area (Å²) in [5.41, 5.74) is 4.34. The van der Waals surface area contributed by atoms with Gasteiger partial charge < -0.3 is 25.0 Å². The fourth-order valence-corrected chi connectivity index (χ4v) is 4.10. The van der Waals surface area contributed by atoms with Crippen LogP contribution in [0.25, 0.3) is 28.1 Å². The van der Waals surface area contributed by atoms with Crippen molar-refractivity contribution >= 4 is 16.7 Å². The Hall–Kier alpha value is -4.24. The van der Waals surface area contributed by atoms with Gasteiger partial charge in [-0.25, -0.2) is 14.4 Å². The molecule has 3 aromatic heterocycles. The number of H-pyrrole nitrogens is 2. The van der Waals surface area contributed by atoms with Gasteiger partial charge in [-0.2, -0.15) is 0 Å². The van der Waals surface area contributed by atoms with E-state index in [9.17, 15) is 14.3 Å². The molecule has 0 radical (unpaired) electrons. The van der Waals surface area contributed by atoms with Crippen LogP contribution in [0.4, 0.5) is 10.1 Å². The summed E-state index contributed by atoms with van der Waals surface area (Å²) in [6, 6.07) is 11.6. The lowest BCUT2D eigenvalue weighted by Crippen LogP contribution is -2.28. The monoisotopic (exact) mass is 458 g/mol. The molecule has 172 valence electrons. The van der Waals surface area contributed by atoms with E-state index < -0.39 is 6.04 Å². The summed E-state index contributed by atoms with van der Waals surface area (Å²) < 4.78 is 16.0. The minimum Gasteiger partial charge on any atom is -0.394 e. The van der Waals surface area contributed by atoms with E-state index in [1.807, 2.05) is 29.8 Å². The molecular weight excluding hydrogens is 435 g/mol. The second-order valence-corrected chi connectivity index (χ2v) is 8.13. The van der Waals surface area contributed by atoms with E-state index in [4.69, 9.17) is 4.98 Å². The van der Waals surface area contributed by atoms with E-state index in [0.717, 1.165) is 22.3 Å². The molecule has 34 heavy (non-hydrogen) atoms. The Morgan fingerprint density at radius 2 is 2.09 bits per heavy atom. The molecule has 3 heterocycles. The standard InChI is InChI=1S/C25H23FN6O2/c1-15-10-18(32-9-8-27-14-32)12-21-23(15)31-24(30-21)22-20(6-7-28-25(22)34)29-17(13-33)11-16-4-2-3-5-19(16)26/h2-10,12,14,17,33H,11,13H2,1H3,(H,30,31)(H2,28,29,34)/t17-/m0/s1. The summed E-state index contributed by atoms with van der Waals surface area (Å²) in [5, 5.41) is 13.1. The van der Waals surface area contributed by atoms with Crippen LogP contribution in [0.1, 0.15) is 11.1 Å². The van der Waals surface area contributed by atoms with E-state index in [-0.39, 0.29) is 24.4 Å². The number of fused-ring (bicyclic) bond motifs is 1. The smallest absolute Gasteiger partial charge is 0.261 e. The van der Waals surface area contributed by atoms with E-state index in [2.05, 4.69) is 20.3 Å². The number of anilines is 1. The van der Waals surface area contributed by atoms with Crippen molar-refractivity contribution < 1.29 is 9.50 Å². The zero-order valence-corrected chi connectivity index (χ0v) is 18.4. The predicted octanol–water partition coefficient (Wildman–Crippen LogP) is 3.57. The number of rotatable bonds is 7. The Kier molecular flexibility index (Phi) is 5.69. The van der Waals surface area contributed by atoms with Crippen molar-refractivity contribution in [1.29, 1.82) is 0 Å². The van der Waals surface area contributed by atoms with Crippen LogP contribution in [-0.2, 0) is 6.42 Å². The Morgan fingerprint density at radius 3 is 2.85 bits per heavy atom. The van der Waals surface area contributed by atoms with Gasteiger partial charge >= 0.3 is 0 Å². The highest BCUT2D eigenvalue weighted by Crippen LogP contribution is 2.28. The SMILES string of the molecule is Cc1cc(-n2ccnc2)cc2[nH]c(-c3c(N[C@H](CO)Cc4ccccc4F)cc[nH]c3=O)nc12. The van der Waals surface area contributed by atoms with E-state index in [1.54, 1.807) is 36.8 Å². The summed E-state index contributed by atoms with van der Waals surface area (Å²) >= 11 is 0.